The third kappa shape index (κ3) is 1.97. The third-order valence-electron chi connectivity index (χ3n) is 2.18. The highest BCUT2D eigenvalue weighted by Gasteiger charge is 2.07. The van der Waals surface area contributed by atoms with Gasteiger partial charge in [0.15, 0.2) is 0 Å². The van der Waals surface area contributed by atoms with Gasteiger partial charge >= 0.3 is 0 Å². The van der Waals surface area contributed by atoms with Crippen LogP contribution in [0, 0.1) is 6.07 Å². The minimum absolute atomic E-state index is 0.707. The smallest absolute Gasteiger partial charge is 0.127 e. The Morgan fingerprint density at radius 2 is 1.93 bits per heavy atom. The normalized spacial score (nSPS) is 10.0. The SMILES string of the molecule is COc1ccc[c]c1-c1ccccc1Cl. The van der Waals surface area contributed by atoms with Gasteiger partial charge in [-0.15, -0.1) is 0 Å². The van der Waals surface area contributed by atoms with Gasteiger partial charge in [-0.2, -0.15) is 0 Å². The van der Waals surface area contributed by atoms with Crippen molar-refractivity contribution in [2.75, 3.05) is 7.11 Å². The van der Waals surface area contributed by atoms with E-state index in [1.165, 1.54) is 0 Å². The van der Waals surface area contributed by atoms with E-state index >= 15 is 0 Å². The van der Waals surface area contributed by atoms with Crippen LogP contribution in [0.5, 0.6) is 5.75 Å². The summed E-state index contributed by atoms with van der Waals surface area (Å²) >= 11 is 6.11. The molecule has 1 radical (unpaired) electrons. The predicted molar refractivity (Wildman–Crippen MR) is 62.3 cm³/mol. The fourth-order valence-corrected chi connectivity index (χ4v) is 1.70. The van der Waals surface area contributed by atoms with Crippen LogP contribution in [-0.2, 0) is 0 Å². The Morgan fingerprint density at radius 3 is 2.67 bits per heavy atom. The van der Waals surface area contributed by atoms with Gasteiger partial charge in [-0.05, 0) is 18.2 Å². The van der Waals surface area contributed by atoms with E-state index in [4.69, 9.17) is 16.3 Å². The van der Waals surface area contributed by atoms with Crippen molar-refractivity contribution in [2.45, 2.75) is 0 Å². The number of ether oxygens (including phenoxy) is 1. The minimum atomic E-state index is 0.707. The van der Waals surface area contributed by atoms with Crippen LogP contribution in [0.25, 0.3) is 11.1 Å². The summed E-state index contributed by atoms with van der Waals surface area (Å²) in [5, 5.41) is 0.707. The molecule has 0 heterocycles. The lowest BCUT2D eigenvalue weighted by Gasteiger charge is -2.08. The number of benzene rings is 2. The van der Waals surface area contributed by atoms with E-state index in [0.29, 0.717) is 5.02 Å². The second kappa shape index (κ2) is 4.37. The van der Waals surface area contributed by atoms with Crippen molar-refractivity contribution in [1.29, 1.82) is 0 Å². The zero-order valence-electron chi connectivity index (χ0n) is 8.33. The summed E-state index contributed by atoms with van der Waals surface area (Å²) in [7, 11) is 1.64. The summed E-state index contributed by atoms with van der Waals surface area (Å²) < 4.78 is 5.26. The minimum Gasteiger partial charge on any atom is -0.496 e. The molecule has 2 rings (SSSR count). The molecule has 0 aliphatic heterocycles. The van der Waals surface area contributed by atoms with Crippen molar-refractivity contribution in [3.8, 4) is 16.9 Å². The molecule has 0 atom stereocenters. The van der Waals surface area contributed by atoms with E-state index in [1.807, 2.05) is 42.5 Å². The van der Waals surface area contributed by atoms with Crippen LogP contribution in [0.2, 0.25) is 5.02 Å². The molecular weight excluding hydrogens is 208 g/mol. The lowest BCUT2D eigenvalue weighted by Crippen LogP contribution is -1.87. The molecule has 75 valence electrons. The van der Waals surface area contributed by atoms with Gasteiger partial charge in [0.2, 0.25) is 0 Å². The summed E-state index contributed by atoms with van der Waals surface area (Å²) in [5.41, 5.74) is 1.84. The van der Waals surface area contributed by atoms with Crippen LogP contribution >= 0.6 is 11.6 Å². The number of hydrogen-bond donors (Lipinski definition) is 0. The Hall–Kier alpha value is -1.47. The summed E-state index contributed by atoms with van der Waals surface area (Å²) in [6, 6.07) is 16.4. The molecule has 1 nitrogen and oxygen atoms in total. The zero-order chi connectivity index (χ0) is 10.7. The van der Waals surface area contributed by atoms with Crippen molar-refractivity contribution in [3.05, 3.63) is 53.6 Å². The summed E-state index contributed by atoms with van der Waals surface area (Å²) in [4.78, 5) is 0. The molecule has 0 saturated carbocycles. The second-order valence-corrected chi connectivity index (χ2v) is 3.50. The van der Waals surface area contributed by atoms with Gasteiger partial charge in [-0.25, -0.2) is 0 Å². The van der Waals surface area contributed by atoms with Crippen LogP contribution in [0.4, 0.5) is 0 Å². The summed E-state index contributed by atoms with van der Waals surface area (Å²) in [6.07, 6.45) is 0. The van der Waals surface area contributed by atoms with Crippen molar-refractivity contribution in [1.82, 2.24) is 0 Å². The first-order valence-corrected chi connectivity index (χ1v) is 5.00. The fourth-order valence-electron chi connectivity index (χ4n) is 1.47. The number of halogens is 1. The Bertz CT molecular complexity index is 466. The highest BCUT2D eigenvalue weighted by atomic mass is 35.5. The average Bonchev–Trinajstić information content (AvgIpc) is 2.30. The Morgan fingerprint density at radius 1 is 1.13 bits per heavy atom. The van der Waals surface area contributed by atoms with Gasteiger partial charge in [-0.3, -0.25) is 0 Å². The van der Waals surface area contributed by atoms with Crippen molar-refractivity contribution in [3.63, 3.8) is 0 Å². The van der Waals surface area contributed by atoms with Gasteiger partial charge in [0.1, 0.15) is 5.75 Å². The highest BCUT2D eigenvalue weighted by Crippen LogP contribution is 2.33. The third-order valence-corrected chi connectivity index (χ3v) is 2.51. The van der Waals surface area contributed by atoms with Gasteiger partial charge in [0.05, 0.1) is 7.11 Å². The molecule has 2 aromatic carbocycles. The molecule has 0 aromatic heterocycles. The number of hydrogen-bond acceptors (Lipinski definition) is 1. The van der Waals surface area contributed by atoms with Gasteiger partial charge < -0.3 is 4.74 Å². The van der Waals surface area contributed by atoms with E-state index in [1.54, 1.807) is 7.11 Å². The quantitative estimate of drug-likeness (QED) is 0.743. The Balaban J connectivity index is 2.59. The molecular formula is C13H10ClO. The number of rotatable bonds is 2. The molecule has 0 aliphatic carbocycles. The molecule has 0 N–H and O–H groups in total. The fraction of sp³-hybridized carbons (Fsp3) is 0.0769. The first-order chi connectivity index (χ1) is 7.33. The molecule has 0 bridgehead atoms. The first kappa shape index (κ1) is 10.1. The number of methoxy groups -OCH3 is 1. The van der Waals surface area contributed by atoms with Crippen molar-refractivity contribution >= 4 is 11.6 Å². The molecule has 0 aliphatic rings. The molecule has 2 heteroatoms. The monoisotopic (exact) mass is 217 g/mol. The van der Waals surface area contributed by atoms with Crippen molar-refractivity contribution < 1.29 is 4.74 Å². The van der Waals surface area contributed by atoms with E-state index < -0.39 is 0 Å². The average molecular weight is 218 g/mol. The van der Waals surface area contributed by atoms with E-state index in [0.717, 1.165) is 16.9 Å². The molecule has 0 fully saturated rings. The van der Waals surface area contributed by atoms with Crippen LogP contribution in [-0.4, -0.2) is 7.11 Å². The lowest BCUT2D eigenvalue weighted by molar-refractivity contribution is 0.416. The molecule has 0 amide bonds. The maximum atomic E-state index is 6.11. The maximum absolute atomic E-state index is 6.11. The predicted octanol–water partition coefficient (Wildman–Crippen LogP) is 3.82. The summed E-state index contributed by atoms with van der Waals surface area (Å²) in [6.45, 7) is 0. The maximum Gasteiger partial charge on any atom is 0.127 e. The van der Waals surface area contributed by atoms with Gasteiger partial charge in [-0.1, -0.05) is 41.9 Å². The van der Waals surface area contributed by atoms with Crippen LogP contribution in [0.15, 0.2) is 42.5 Å². The second-order valence-electron chi connectivity index (χ2n) is 3.09. The van der Waals surface area contributed by atoms with Crippen LogP contribution in [0.3, 0.4) is 0 Å². The van der Waals surface area contributed by atoms with Crippen LogP contribution < -0.4 is 4.74 Å². The van der Waals surface area contributed by atoms with Crippen LogP contribution in [0.1, 0.15) is 0 Å². The molecule has 0 unspecified atom stereocenters. The molecule has 0 saturated heterocycles. The zero-order valence-corrected chi connectivity index (χ0v) is 9.08. The largest absolute Gasteiger partial charge is 0.496 e. The first-order valence-electron chi connectivity index (χ1n) is 4.62. The standard InChI is InChI=1S/C13H10ClO/c1-15-13-9-5-3-7-11(13)10-6-2-4-8-12(10)14/h2-6,8-9H,1H3. The Kier molecular flexibility index (Phi) is 2.93. The van der Waals surface area contributed by atoms with Crippen molar-refractivity contribution in [2.24, 2.45) is 0 Å². The Labute approximate surface area is 94.3 Å². The highest BCUT2D eigenvalue weighted by molar-refractivity contribution is 6.33. The van der Waals surface area contributed by atoms with Gasteiger partial charge in [0, 0.05) is 16.1 Å². The summed E-state index contributed by atoms with van der Waals surface area (Å²) in [5.74, 6) is 0.783. The lowest BCUT2D eigenvalue weighted by atomic mass is 10.0. The van der Waals surface area contributed by atoms with E-state index in [-0.39, 0.29) is 0 Å². The van der Waals surface area contributed by atoms with E-state index in [9.17, 15) is 0 Å². The molecule has 2 aromatic rings. The topological polar surface area (TPSA) is 9.23 Å². The van der Waals surface area contributed by atoms with E-state index in [2.05, 4.69) is 6.07 Å². The van der Waals surface area contributed by atoms with Gasteiger partial charge in [0.25, 0.3) is 0 Å². The molecule has 0 spiro atoms. The molecule has 15 heavy (non-hydrogen) atoms.